The average molecular weight is 356 g/mol. The van der Waals surface area contributed by atoms with Crippen molar-refractivity contribution < 1.29 is 5.11 Å². The van der Waals surface area contributed by atoms with Gasteiger partial charge in [0.15, 0.2) is 5.96 Å². The zero-order valence-electron chi connectivity index (χ0n) is 14.3. The van der Waals surface area contributed by atoms with E-state index >= 15 is 0 Å². The minimum Gasteiger partial charge on any atom is -0.387 e. The fourth-order valence-corrected chi connectivity index (χ4v) is 4.67. The molecule has 1 aliphatic carbocycles. The molecule has 1 saturated carbocycles. The van der Waals surface area contributed by atoms with E-state index in [9.17, 15) is 5.11 Å². The predicted octanol–water partition coefficient (Wildman–Crippen LogP) is 3.05. The van der Waals surface area contributed by atoms with Gasteiger partial charge in [-0.15, -0.1) is 11.3 Å². The van der Waals surface area contributed by atoms with Crippen molar-refractivity contribution in [2.24, 2.45) is 4.99 Å². The standard InChI is InChI=1S/C17H29N3OS2/c1-4-18-16(19-11-13(3)14-7-6-10-23-14)20-12-17(21)9-8-15(17)22-5-2/h6-7,10,13,15,21H,4-5,8-9,11-12H2,1-3H3,(H2,18,19,20). The van der Waals surface area contributed by atoms with Crippen molar-refractivity contribution in [3.05, 3.63) is 22.4 Å². The summed E-state index contributed by atoms with van der Waals surface area (Å²) < 4.78 is 0. The van der Waals surface area contributed by atoms with Gasteiger partial charge in [0.1, 0.15) is 0 Å². The van der Waals surface area contributed by atoms with E-state index in [1.165, 1.54) is 4.88 Å². The molecule has 1 heterocycles. The summed E-state index contributed by atoms with van der Waals surface area (Å²) in [5.74, 6) is 2.30. The van der Waals surface area contributed by atoms with Crippen molar-refractivity contribution >= 4 is 29.1 Å². The van der Waals surface area contributed by atoms with Crippen molar-refractivity contribution in [3.63, 3.8) is 0 Å². The van der Waals surface area contributed by atoms with Crippen molar-refractivity contribution in [2.75, 3.05) is 25.4 Å². The molecule has 2 rings (SSSR count). The molecule has 0 aliphatic heterocycles. The van der Waals surface area contributed by atoms with Gasteiger partial charge in [-0.05, 0) is 37.0 Å². The molecular weight excluding hydrogens is 326 g/mol. The topological polar surface area (TPSA) is 56.7 Å². The van der Waals surface area contributed by atoms with Crippen molar-refractivity contribution in [1.82, 2.24) is 10.6 Å². The van der Waals surface area contributed by atoms with E-state index in [0.717, 1.165) is 37.6 Å². The van der Waals surface area contributed by atoms with Gasteiger partial charge in [-0.25, -0.2) is 0 Å². The Hall–Kier alpha value is -0.720. The van der Waals surface area contributed by atoms with Crippen molar-refractivity contribution in [3.8, 4) is 0 Å². The number of nitrogens with zero attached hydrogens (tertiary/aromatic N) is 1. The Morgan fingerprint density at radius 1 is 1.52 bits per heavy atom. The Bertz CT molecular complexity index is 492. The summed E-state index contributed by atoms with van der Waals surface area (Å²) in [5, 5.41) is 19.8. The summed E-state index contributed by atoms with van der Waals surface area (Å²) in [4.78, 5) is 6.01. The fourth-order valence-electron chi connectivity index (χ4n) is 2.70. The summed E-state index contributed by atoms with van der Waals surface area (Å²) in [7, 11) is 0. The Morgan fingerprint density at radius 2 is 2.35 bits per heavy atom. The van der Waals surface area contributed by atoms with E-state index in [4.69, 9.17) is 0 Å². The van der Waals surface area contributed by atoms with Crippen LogP contribution in [0.4, 0.5) is 0 Å². The lowest BCUT2D eigenvalue weighted by atomic mass is 9.79. The van der Waals surface area contributed by atoms with Crippen LogP contribution in [0.5, 0.6) is 0 Å². The van der Waals surface area contributed by atoms with Crippen LogP contribution >= 0.6 is 23.1 Å². The molecule has 0 amide bonds. The number of aliphatic imine (C=N–C) groups is 1. The van der Waals surface area contributed by atoms with Crippen molar-refractivity contribution in [2.45, 2.75) is 50.4 Å². The number of hydrogen-bond acceptors (Lipinski definition) is 4. The Morgan fingerprint density at radius 3 is 2.91 bits per heavy atom. The first-order chi connectivity index (χ1) is 11.1. The minimum atomic E-state index is -0.623. The lowest BCUT2D eigenvalue weighted by molar-refractivity contribution is -0.0154. The normalized spacial score (nSPS) is 25.7. The molecule has 3 atom stereocenters. The molecule has 4 nitrogen and oxygen atoms in total. The van der Waals surface area contributed by atoms with Gasteiger partial charge < -0.3 is 15.7 Å². The zero-order chi connectivity index (χ0) is 16.7. The number of rotatable bonds is 8. The van der Waals surface area contributed by atoms with Gasteiger partial charge in [0.25, 0.3) is 0 Å². The second kappa shape index (κ2) is 8.94. The summed E-state index contributed by atoms with van der Waals surface area (Å²) in [6, 6.07) is 4.26. The highest BCUT2D eigenvalue weighted by atomic mass is 32.2. The van der Waals surface area contributed by atoms with Crippen LogP contribution in [-0.4, -0.2) is 47.3 Å². The SMILES string of the molecule is CCNC(=NCC1(O)CCC1SCC)NCC(C)c1cccs1. The summed E-state index contributed by atoms with van der Waals surface area (Å²) in [5.41, 5.74) is -0.623. The van der Waals surface area contributed by atoms with Crippen LogP contribution in [0.1, 0.15) is 44.4 Å². The van der Waals surface area contributed by atoms with Gasteiger partial charge in [-0.2, -0.15) is 11.8 Å². The van der Waals surface area contributed by atoms with Crippen LogP contribution in [0.3, 0.4) is 0 Å². The van der Waals surface area contributed by atoms with Gasteiger partial charge in [-0.3, -0.25) is 4.99 Å². The third-order valence-corrected chi connectivity index (χ3v) is 6.78. The number of hydrogen-bond donors (Lipinski definition) is 3. The molecule has 1 fully saturated rings. The number of guanidine groups is 1. The summed E-state index contributed by atoms with van der Waals surface area (Å²) in [6.45, 7) is 8.57. The second-order valence-electron chi connectivity index (χ2n) is 6.08. The van der Waals surface area contributed by atoms with E-state index in [1.807, 2.05) is 11.8 Å². The quantitative estimate of drug-likeness (QED) is 0.495. The van der Waals surface area contributed by atoms with Crippen LogP contribution in [-0.2, 0) is 0 Å². The van der Waals surface area contributed by atoms with Crippen LogP contribution in [0.25, 0.3) is 0 Å². The van der Waals surface area contributed by atoms with Crippen LogP contribution in [0.15, 0.2) is 22.5 Å². The van der Waals surface area contributed by atoms with Gasteiger partial charge in [0.05, 0.1) is 12.1 Å². The number of thioether (sulfide) groups is 1. The number of thiophene rings is 1. The monoisotopic (exact) mass is 355 g/mol. The molecule has 1 aromatic heterocycles. The van der Waals surface area contributed by atoms with Gasteiger partial charge in [0.2, 0.25) is 0 Å². The molecule has 6 heteroatoms. The molecule has 0 spiro atoms. The molecule has 130 valence electrons. The number of aliphatic hydroxyl groups is 1. The molecule has 3 unspecified atom stereocenters. The first kappa shape index (κ1) is 18.6. The highest BCUT2D eigenvalue weighted by Crippen LogP contribution is 2.41. The number of nitrogens with one attached hydrogen (secondary N) is 2. The van der Waals surface area contributed by atoms with E-state index in [1.54, 1.807) is 11.3 Å². The Balaban J connectivity index is 1.87. The summed E-state index contributed by atoms with van der Waals surface area (Å²) in [6.07, 6.45) is 1.96. The molecule has 0 radical (unpaired) electrons. The lowest BCUT2D eigenvalue weighted by Gasteiger charge is -2.44. The molecular formula is C17H29N3OS2. The molecule has 0 saturated heterocycles. The maximum absolute atomic E-state index is 10.7. The fraction of sp³-hybridized carbons (Fsp3) is 0.706. The molecule has 3 N–H and O–H groups in total. The van der Waals surface area contributed by atoms with Crippen molar-refractivity contribution in [1.29, 1.82) is 0 Å². The van der Waals surface area contributed by atoms with E-state index < -0.39 is 5.60 Å². The van der Waals surface area contributed by atoms with Gasteiger partial charge >= 0.3 is 0 Å². The maximum atomic E-state index is 10.7. The first-order valence-electron chi connectivity index (χ1n) is 8.48. The highest BCUT2D eigenvalue weighted by molar-refractivity contribution is 8.00. The van der Waals surface area contributed by atoms with Crippen LogP contribution in [0.2, 0.25) is 0 Å². The molecule has 1 aliphatic rings. The first-order valence-corrected chi connectivity index (χ1v) is 10.4. The van der Waals surface area contributed by atoms with Gasteiger partial charge in [-0.1, -0.05) is 19.9 Å². The minimum absolute atomic E-state index is 0.337. The smallest absolute Gasteiger partial charge is 0.191 e. The zero-order valence-corrected chi connectivity index (χ0v) is 16.0. The molecule has 0 bridgehead atoms. The van der Waals surface area contributed by atoms with E-state index in [2.05, 4.69) is 53.9 Å². The molecule has 0 aromatic carbocycles. The average Bonchev–Trinajstić information content (AvgIpc) is 3.08. The largest absolute Gasteiger partial charge is 0.387 e. The van der Waals surface area contributed by atoms with E-state index in [0.29, 0.717) is 17.7 Å². The second-order valence-corrected chi connectivity index (χ2v) is 8.54. The predicted molar refractivity (Wildman–Crippen MR) is 103 cm³/mol. The highest BCUT2D eigenvalue weighted by Gasteiger charge is 2.45. The van der Waals surface area contributed by atoms with Gasteiger partial charge in [0, 0.05) is 29.1 Å². The third kappa shape index (κ3) is 5.13. The molecule has 23 heavy (non-hydrogen) atoms. The van der Waals surface area contributed by atoms with Crippen LogP contribution < -0.4 is 10.6 Å². The van der Waals surface area contributed by atoms with E-state index in [-0.39, 0.29) is 0 Å². The molecule has 1 aromatic rings. The lowest BCUT2D eigenvalue weighted by Crippen LogP contribution is -2.53. The summed E-state index contributed by atoms with van der Waals surface area (Å²) >= 11 is 3.64. The third-order valence-electron chi connectivity index (χ3n) is 4.27. The Labute approximate surface area is 148 Å². The maximum Gasteiger partial charge on any atom is 0.191 e. The van der Waals surface area contributed by atoms with Crippen LogP contribution in [0, 0.1) is 0 Å². The Kier molecular flexibility index (Phi) is 7.24.